The van der Waals surface area contributed by atoms with Crippen LogP contribution in [0.3, 0.4) is 0 Å². The quantitative estimate of drug-likeness (QED) is 0.774. The van der Waals surface area contributed by atoms with Crippen LogP contribution in [0.5, 0.6) is 0 Å². The van der Waals surface area contributed by atoms with Crippen LogP contribution in [0.1, 0.15) is 10.5 Å². The standard InChI is InChI=1S/C12H9Br2N3O3S/c13-8-2-1-5-16-11(8)12(18)17-7-3-4-10(9(14)6-7)21(15,19)20/h1-6H,(H,17,18)(H2,15,19,20). The van der Waals surface area contributed by atoms with E-state index in [1.54, 1.807) is 12.1 Å². The van der Waals surface area contributed by atoms with Crippen LogP contribution < -0.4 is 10.5 Å². The summed E-state index contributed by atoms with van der Waals surface area (Å²) >= 11 is 6.34. The SMILES string of the molecule is NS(=O)(=O)c1ccc(NC(=O)c2ncccc2Br)cc1Br. The van der Waals surface area contributed by atoms with E-state index in [2.05, 4.69) is 42.2 Å². The number of rotatable bonds is 3. The molecule has 0 saturated carbocycles. The molecule has 0 aliphatic heterocycles. The first-order valence-corrected chi connectivity index (χ1v) is 8.66. The van der Waals surface area contributed by atoms with Crippen molar-refractivity contribution >= 4 is 53.5 Å². The third-order valence-electron chi connectivity index (χ3n) is 2.47. The molecule has 1 heterocycles. The monoisotopic (exact) mass is 433 g/mol. The lowest BCUT2D eigenvalue weighted by Crippen LogP contribution is -2.15. The Morgan fingerprint density at radius 2 is 1.90 bits per heavy atom. The highest BCUT2D eigenvalue weighted by Gasteiger charge is 2.15. The summed E-state index contributed by atoms with van der Waals surface area (Å²) in [6.45, 7) is 0. The highest BCUT2D eigenvalue weighted by atomic mass is 79.9. The number of nitrogens with one attached hydrogen (secondary N) is 1. The molecule has 110 valence electrons. The van der Waals surface area contributed by atoms with E-state index in [0.29, 0.717) is 10.2 Å². The lowest BCUT2D eigenvalue weighted by atomic mass is 10.3. The Morgan fingerprint density at radius 1 is 1.19 bits per heavy atom. The van der Waals surface area contributed by atoms with Crippen molar-refractivity contribution in [3.05, 3.63) is 51.2 Å². The molecule has 21 heavy (non-hydrogen) atoms. The van der Waals surface area contributed by atoms with Crippen molar-refractivity contribution in [2.24, 2.45) is 5.14 Å². The summed E-state index contributed by atoms with van der Waals surface area (Å²) in [5, 5.41) is 7.68. The van der Waals surface area contributed by atoms with E-state index in [0.717, 1.165) is 0 Å². The Kier molecular flexibility index (Phi) is 4.77. The van der Waals surface area contributed by atoms with Crippen LogP contribution in [-0.2, 0) is 10.0 Å². The number of amides is 1. The van der Waals surface area contributed by atoms with Gasteiger partial charge in [0.25, 0.3) is 5.91 Å². The molecule has 0 aliphatic rings. The Hall–Kier alpha value is -1.29. The summed E-state index contributed by atoms with van der Waals surface area (Å²) in [5.74, 6) is -0.419. The molecule has 6 nitrogen and oxygen atoms in total. The smallest absolute Gasteiger partial charge is 0.275 e. The van der Waals surface area contributed by atoms with Gasteiger partial charge in [0.15, 0.2) is 0 Å². The molecule has 0 saturated heterocycles. The number of sulfonamides is 1. The van der Waals surface area contributed by atoms with Crippen molar-refractivity contribution in [2.45, 2.75) is 4.90 Å². The molecule has 0 aliphatic carbocycles. The van der Waals surface area contributed by atoms with Gasteiger partial charge in [-0.1, -0.05) is 0 Å². The Morgan fingerprint density at radius 3 is 2.48 bits per heavy atom. The van der Waals surface area contributed by atoms with Crippen LogP contribution in [0, 0.1) is 0 Å². The zero-order valence-corrected chi connectivity index (χ0v) is 14.4. The number of pyridine rings is 1. The van der Waals surface area contributed by atoms with Gasteiger partial charge < -0.3 is 5.32 Å². The molecule has 1 aromatic heterocycles. The Bertz CT molecular complexity index is 809. The third-order valence-corrected chi connectivity index (χ3v) is 5.00. The Labute approximate surface area is 138 Å². The minimum Gasteiger partial charge on any atom is -0.321 e. The maximum atomic E-state index is 12.1. The van der Waals surface area contributed by atoms with Gasteiger partial charge in [-0.25, -0.2) is 18.5 Å². The minimum atomic E-state index is -3.82. The topological polar surface area (TPSA) is 102 Å². The largest absolute Gasteiger partial charge is 0.321 e. The molecule has 0 atom stereocenters. The van der Waals surface area contributed by atoms with Gasteiger partial charge in [0.1, 0.15) is 5.69 Å². The van der Waals surface area contributed by atoms with Crippen molar-refractivity contribution < 1.29 is 13.2 Å². The average Bonchev–Trinajstić information content (AvgIpc) is 2.37. The normalized spacial score (nSPS) is 11.2. The van der Waals surface area contributed by atoms with E-state index < -0.39 is 15.9 Å². The molecule has 1 amide bonds. The zero-order chi connectivity index (χ0) is 15.6. The summed E-state index contributed by atoms with van der Waals surface area (Å²) in [7, 11) is -3.82. The van der Waals surface area contributed by atoms with Gasteiger partial charge in [0.2, 0.25) is 10.0 Å². The predicted molar refractivity (Wildman–Crippen MR) is 85.4 cm³/mol. The molecular weight excluding hydrogens is 426 g/mol. The van der Waals surface area contributed by atoms with Gasteiger partial charge in [0.05, 0.1) is 4.90 Å². The maximum Gasteiger partial charge on any atom is 0.275 e. The van der Waals surface area contributed by atoms with Crippen molar-refractivity contribution in [3.63, 3.8) is 0 Å². The molecule has 0 bridgehead atoms. The molecule has 0 unspecified atom stereocenters. The molecule has 2 aromatic rings. The molecular formula is C12H9Br2N3O3S. The highest BCUT2D eigenvalue weighted by Crippen LogP contribution is 2.25. The van der Waals surface area contributed by atoms with Crippen molar-refractivity contribution in [1.82, 2.24) is 4.98 Å². The van der Waals surface area contributed by atoms with Gasteiger partial charge >= 0.3 is 0 Å². The van der Waals surface area contributed by atoms with Crippen LogP contribution in [0.2, 0.25) is 0 Å². The minimum absolute atomic E-state index is 0.0560. The number of carbonyl (C=O) groups excluding carboxylic acids is 1. The molecule has 2 rings (SSSR count). The van der Waals surface area contributed by atoms with Crippen LogP contribution in [0.25, 0.3) is 0 Å². The van der Waals surface area contributed by atoms with E-state index in [-0.39, 0.29) is 15.1 Å². The van der Waals surface area contributed by atoms with Gasteiger partial charge in [-0.15, -0.1) is 0 Å². The maximum absolute atomic E-state index is 12.1. The summed E-state index contributed by atoms with van der Waals surface area (Å²) in [6.07, 6.45) is 1.50. The van der Waals surface area contributed by atoms with Crippen LogP contribution in [0.15, 0.2) is 50.4 Å². The fraction of sp³-hybridized carbons (Fsp3) is 0. The van der Waals surface area contributed by atoms with E-state index >= 15 is 0 Å². The average molecular weight is 435 g/mol. The molecule has 3 N–H and O–H groups in total. The van der Waals surface area contributed by atoms with Crippen molar-refractivity contribution in [2.75, 3.05) is 5.32 Å². The lowest BCUT2D eigenvalue weighted by Gasteiger charge is -2.08. The second-order valence-electron chi connectivity index (χ2n) is 3.98. The number of hydrogen-bond donors (Lipinski definition) is 2. The molecule has 1 aromatic carbocycles. The summed E-state index contributed by atoms with van der Waals surface area (Å²) in [6, 6.07) is 7.59. The van der Waals surface area contributed by atoms with Crippen LogP contribution >= 0.6 is 31.9 Å². The second kappa shape index (κ2) is 6.22. The fourth-order valence-corrected chi connectivity index (χ4v) is 3.63. The van der Waals surface area contributed by atoms with Crippen molar-refractivity contribution in [1.29, 1.82) is 0 Å². The van der Waals surface area contributed by atoms with E-state index in [4.69, 9.17) is 5.14 Å². The fourth-order valence-electron chi connectivity index (χ4n) is 1.55. The summed E-state index contributed by atoms with van der Waals surface area (Å²) in [4.78, 5) is 16.0. The number of benzene rings is 1. The number of primary sulfonamides is 1. The van der Waals surface area contributed by atoms with E-state index in [1.165, 1.54) is 24.4 Å². The molecule has 9 heteroatoms. The van der Waals surface area contributed by atoms with Gasteiger partial charge in [0, 0.05) is 20.8 Å². The third kappa shape index (κ3) is 3.88. The van der Waals surface area contributed by atoms with E-state index in [1.807, 2.05) is 0 Å². The Balaban J connectivity index is 2.27. The number of nitrogens with two attached hydrogens (primary N) is 1. The molecule has 0 fully saturated rings. The summed E-state index contributed by atoms with van der Waals surface area (Å²) < 4.78 is 23.4. The number of aromatic nitrogens is 1. The first kappa shape index (κ1) is 16.1. The lowest BCUT2D eigenvalue weighted by molar-refractivity contribution is 0.102. The van der Waals surface area contributed by atoms with Gasteiger partial charge in [-0.05, 0) is 62.2 Å². The van der Waals surface area contributed by atoms with Crippen LogP contribution in [0.4, 0.5) is 5.69 Å². The predicted octanol–water partition coefficient (Wildman–Crippen LogP) is 2.51. The van der Waals surface area contributed by atoms with Gasteiger partial charge in [-0.3, -0.25) is 4.79 Å². The highest BCUT2D eigenvalue weighted by molar-refractivity contribution is 9.10. The van der Waals surface area contributed by atoms with Crippen molar-refractivity contribution in [3.8, 4) is 0 Å². The number of anilines is 1. The first-order chi connectivity index (χ1) is 9.79. The van der Waals surface area contributed by atoms with Crippen LogP contribution in [-0.4, -0.2) is 19.3 Å². The summed E-state index contributed by atoms with van der Waals surface area (Å²) in [5.41, 5.74) is 0.640. The zero-order valence-electron chi connectivity index (χ0n) is 10.4. The van der Waals surface area contributed by atoms with E-state index in [9.17, 15) is 13.2 Å². The number of nitrogens with zero attached hydrogens (tertiary/aromatic N) is 1. The number of hydrogen-bond acceptors (Lipinski definition) is 4. The molecule has 0 spiro atoms. The van der Waals surface area contributed by atoms with Gasteiger partial charge in [-0.2, -0.15) is 0 Å². The second-order valence-corrected chi connectivity index (χ2v) is 7.22. The number of halogens is 2. The first-order valence-electron chi connectivity index (χ1n) is 5.53. The number of carbonyl (C=O) groups is 1. The molecule has 0 radical (unpaired) electrons.